The summed E-state index contributed by atoms with van der Waals surface area (Å²) in [6.07, 6.45) is 12.4. The van der Waals surface area contributed by atoms with E-state index in [9.17, 15) is 10.1 Å². The molecule has 0 spiro atoms. The molecule has 0 unspecified atom stereocenters. The van der Waals surface area contributed by atoms with Crippen LogP contribution in [0.3, 0.4) is 0 Å². The lowest BCUT2D eigenvalue weighted by atomic mass is 9.90. The summed E-state index contributed by atoms with van der Waals surface area (Å²) in [6, 6.07) is 2.17. The first-order valence-electron chi connectivity index (χ1n) is 12.8. The Morgan fingerprint density at radius 1 is 1.05 bits per heavy atom. The number of methoxy groups -OCH3 is 1. The van der Waals surface area contributed by atoms with Crippen LogP contribution >= 0.6 is 11.6 Å². The van der Waals surface area contributed by atoms with Crippen LogP contribution in [0.25, 0.3) is 22.6 Å². The average molecular weight is 575 g/mol. The number of nitrogens with zero attached hydrogens (tertiary/aromatic N) is 10. The van der Waals surface area contributed by atoms with E-state index in [1.807, 2.05) is 0 Å². The molecule has 2 amide bonds. The molecule has 0 saturated heterocycles. The number of hydrogen-bond acceptors (Lipinski definition) is 11. The predicted molar refractivity (Wildman–Crippen MR) is 150 cm³/mol. The van der Waals surface area contributed by atoms with E-state index in [2.05, 4.69) is 51.5 Å². The Balaban J connectivity index is 1.29. The number of carbonyl (C=O) groups excluding carboxylic acids is 1. The van der Waals surface area contributed by atoms with Gasteiger partial charge in [-0.15, -0.1) is 0 Å². The number of urea groups is 1. The number of halogens is 1. The number of nitriles is 1. The number of carbonyl (C=O) groups is 1. The van der Waals surface area contributed by atoms with Gasteiger partial charge in [0.25, 0.3) is 0 Å². The van der Waals surface area contributed by atoms with Gasteiger partial charge in [0.2, 0.25) is 5.95 Å². The smallest absolute Gasteiger partial charge is 0.325 e. The molecule has 0 atom stereocenters. The fraction of sp³-hybridized carbons (Fsp3) is 0.346. The number of aromatic nitrogens is 8. The molecular weight excluding hydrogens is 548 g/mol. The van der Waals surface area contributed by atoms with Crippen LogP contribution in [0.5, 0.6) is 6.01 Å². The van der Waals surface area contributed by atoms with Gasteiger partial charge >= 0.3 is 12.0 Å². The molecule has 41 heavy (non-hydrogen) atoms. The van der Waals surface area contributed by atoms with E-state index in [-0.39, 0.29) is 29.7 Å². The summed E-state index contributed by atoms with van der Waals surface area (Å²) in [5.41, 5.74) is 2.29. The number of H-pyrrole nitrogens is 1. The minimum absolute atomic E-state index is 0.0709. The molecule has 5 rings (SSSR count). The lowest BCUT2D eigenvalue weighted by molar-refractivity contribution is 0.218. The van der Waals surface area contributed by atoms with Crippen molar-refractivity contribution in [2.45, 2.75) is 37.8 Å². The first-order valence-corrected chi connectivity index (χ1v) is 13.2. The molecule has 4 aromatic rings. The van der Waals surface area contributed by atoms with Gasteiger partial charge in [-0.05, 0) is 25.7 Å². The van der Waals surface area contributed by atoms with E-state index in [0.29, 0.717) is 39.4 Å². The van der Waals surface area contributed by atoms with Gasteiger partial charge in [-0.1, -0.05) is 11.6 Å². The third-order valence-corrected chi connectivity index (χ3v) is 6.99. The zero-order valence-corrected chi connectivity index (χ0v) is 23.4. The normalized spacial score (nSPS) is 16.5. The number of anilines is 2. The first-order chi connectivity index (χ1) is 19.9. The molecule has 14 nitrogen and oxygen atoms in total. The Hall–Kier alpha value is -4.90. The average Bonchev–Trinajstić information content (AvgIpc) is 3.44. The van der Waals surface area contributed by atoms with Crippen molar-refractivity contribution in [3.05, 3.63) is 47.8 Å². The van der Waals surface area contributed by atoms with Crippen molar-refractivity contribution in [2.75, 3.05) is 31.4 Å². The van der Waals surface area contributed by atoms with Crippen LogP contribution in [0.2, 0.25) is 5.02 Å². The largest absolute Gasteiger partial charge is 0.467 e. The Kier molecular flexibility index (Phi) is 8.16. The summed E-state index contributed by atoms with van der Waals surface area (Å²) >= 11 is 6.20. The Labute approximate surface area is 240 Å². The molecule has 0 radical (unpaired) electrons. The van der Waals surface area contributed by atoms with Crippen molar-refractivity contribution in [3.8, 4) is 34.7 Å². The van der Waals surface area contributed by atoms with Crippen molar-refractivity contribution in [1.29, 1.82) is 5.26 Å². The molecule has 0 aromatic carbocycles. The SMILES string of the molecule is COc1ncc(-c2cnc(N(C(=O)N(C)C)C3CCC(Nc4ncc(C#N)c(-c5n[nH]cc5Cl)n4)CC3)cn2)cn1. The zero-order valence-electron chi connectivity index (χ0n) is 22.6. The van der Waals surface area contributed by atoms with E-state index < -0.39 is 0 Å². The van der Waals surface area contributed by atoms with Gasteiger partial charge in [0.05, 0.1) is 42.0 Å². The highest BCUT2D eigenvalue weighted by Crippen LogP contribution is 2.31. The number of nitrogens with one attached hydrogen (secondary N) is 2. The molecule has 0 aliphatic heterocycles. The Morgan fingerprint density at radius 2 is 1.80 bits per heavy atom. The number of rotatable bonds is 7. The lowest BCUT2D eigenvalue weighted by Gasteiger charge is -2.37. The summed E-state index contributed by atoms with van der Waals surface area (Å²) in [4.78, 5) is 42.6. The Morgan fingerprint density at radius 3 is 2.39 bits per heavy atom. The lowest BCUT2D eigenvalue weighted by Crippen LogP contribution is -2.48. The molecule has 2 N–H and O–H groups in total. The molecule has 15 heteroatoms. The van der Waals surface area contributed by atoms with Crippen LogP contribution in [-0.2, 0) is 0 Å². The topological polar surface area (TPSA) is 175 Å². The molecule has 0 bridgehead atoms. The highest BCUT2D eigenvalue weighted by molar-refractivity contribution is 6.32. The number of aromatic amines is 1. The number of amides is 2. The van der Waals surface area contributed by atoms with Crippen molar-refractivity contribution in [2.24, 2.45) is 0 Å². The second kappa shape index (κ2) is 12.1. The summed E-state index contributed by atoms with van der Waals surface area (Å²) < 4.78 is 5.01. The second-order valence-corrected chi connectivity index (χ2v) is 9.97. The maximum atomic E-state index is 13.2. The van der Waals surface area contributed by atoms with E-state index in [0.717, 1.165) is 25.7 Å². The van der Waals surface area contributed by atoms with Crippen LogP contribution < -0.4 is 15.0 Å². The standard InChI is InChI=1S/C26H27ClN12O2/c1-38(2)26(40)39(21-14-29-20(13-30-21)16-10-32-25(41-3)33-11-16)18-6-4-17(5-7-18)35-24-31-9-15(8-28)22(36-24)23-19(27)12-34-37-23/h9-14,17-18H,4-7H2,1-3H3,(H,34,37)(H,31,35,36). The van der Waals surface area contributed by atoms with Crippen LogP contribution in [0.1, 0.15) is 31.2 Å². The summed E-state index contributed by atoms with van der Waals surface area (Å²) in [5, 5.41) is 20.0. The molecule has 210 valence electrons. The fourth-order valence-electron chi connectivity index (χ4n) is 4.62. The van der Waals surface area contributed by atoms with Gasteiger partial charge in [-0.2, -0.15) is 10.4 Å². The van der Waals surface area contributed by atoms with Gasteiger partial charge in [0.15, 0.2) is 5.82 Å². The molecule has 1 saturated carbocycles. The monoisotopic (exact) mass is 574 g/mol. The summed E-state index contributed by atoms with van der Waals surface area (Å²) in [7, 11) is 4.92. The van der Waals surface area contributed by atoms with E-state index in [1.165, 1.54) is 24.4 Å². The predicted octanol–water partition coefficient (Wildman–Crippen LogP) is 3.56. The minimum atomic E-state index is -0.174. The zero-order chi connectivity index (χ0) is 28.9. The number of hydrogen-bond donors (Lipinski definition) is 2. The molecule has 4 aromatic heterocycles. The Bertz CT molecular complexity index is 1540. The first kappa shape index (κ1) is 27.7. The summed E-state index contributed by atoms with van der Waals surface area (Å²) in [6.45, 7) is 0. The van der Waals surface area contributed by atoms with Crippen LogP contribution in [0.15, 0.2) is 37.2 Å². The third-order valence-electron chi connectivity index (χ3n) is 6.70. The van der Waals surface area contributed by atoms with E-state index in [1.54, 1.807) is 43.8 Å². The van der Waals surface area contributed by atoms with E-state index >= 15 is 0 Å². The second-order valence-electron chi connectivity index (χ2n) is 9.56. The molecule has 1 aliphatic carbocycles. The van der Waals surface area contributed by atoms with Crippen LogP contribution in [0, 0.1) is 11.3 Å². The molecule has 4 heterocycles. The van der Waals surface area contributed by atoms with Gasteiger partial charge in [0, 0.05) is 50.3 Å². The molecule has 1 fully saturated rings. The minimum Gasteiger partial charge on any atom is -0.467 e. The van der Waals surface area contributed by atoms with Crippen LogP contribution in [0.4, 0.5) is 16.6 Å². The fourth-order valence-corrected chi connectivity index (χ4v) is 4.80. The third kappa shape index (κ3) is 5.99. The maximum absolute atomic E-state index is 13.2. The highest BCUT2D eigenvalue weighted by atomic mass is 35.5. The maximum Gasteiger partial charge on any atom is 0.325 e. The van der Waals surface area contributed by atoms with Gasteiger partial charge in [0.1, 0.15) is 17.5 Å². The van der Waals surface area contributed by atoms with Gasteiger partial charge < -0.3 is 15.0 Å². The molecule has 1 aliphatic rings. The summed E-state index contributed by atoms with van der Waals surface area (Å²) in [5.74, 6) is 0.848. The highest BCUT2D eigenvalue weighted by Gasteiger charge is 2.32. The van der Waals surface area contributed by atoms with Crippen molar-refractivity contribution < 1.29 is 9.53 Å². The van der Waals surface area contributed by atoms with Gasteiger partial charge in [-0.3, -0.25) is 15.0 Å². The van der Waals surface area contributed by atoms with Crippen molar-refractivity contribution in [3.63, 3.8) is 0 Å². The van der Waals surface area contributed by atoms with Crippen molar-refractivity contribution in [1.82, 2.24) is 45.0 Å². The van der Waals surface area contributed by atoms with Gasteiger partial charge in [-0.25, -0.2) is 29.7 Å². The molecular formula is C26H27ClN12O2. The van der Waals surface area contributed by atoms with Crippen LogP contribution in [-0.4, -0.2) is 84.3 Å². The number of ether oxygens (including phenoxy) is 1. The van der Waals surface area contributed by atoms with E-state index in [4.69, 9.17) is 16.3 Å². The quantitative estimate of drug-likeness (QED) is 0.330. The van der Waals surface area contributed by atoms with Crippen molar-refractivity contribution >= 4 is 29.4 Å².